The third-order valence-corrected chi connectivity index (χ3v) is 1.10. The van der Waals surface area contributed by atoms with E-state index < -0.39 is 0 Å². The van der Waals surface area contributed by atoms with Crippen molar-refractivity contribution >= 4 is 15.9 Å². The van der Waals surface area contributed by atoms with Gasteiger partial charge in [0.15, 0.2) is 0 Å². The van der Waals surface area contributed by atoms with Crippen LogP contribution in [-0.4, -0.2) is 4.98 Å². The number of rotatable bonds is 0. The van der Waals surface area contributed by atoms with Crippen LogP contribution in [0.1, 0.15) is 0 Å². The van der Waals surface area contributed by atoms with Crippen molar-refractivity contribution in [2.24, 2.45) is 0 Å². The van der Waals surface area contributed by atoms with E-state index in [-0.39, 0.29) is 6.15 Å². The molecule has 0 saturated heterocycles. The standard InChI is InChI=1S/C5H4BrN.N/c6-5-3-1-2-4-7-5;/h1-4H;. The largest absolute Gasteiger partial charge is 0.249 e. The number of nitrogens with zero attached hydrogens (tertiary/aromatic N) is 2. The van der Waals surface area contributed by atoms with Crippen molar-refractivity contribution in [2.75, 3.05) is 0 Å². The van der Waals surface area contributed by atoms with Gasteiger partial charge in [-0.25, -0.2) is 4.98 Å². The lowest BCUT2D eigenvalue weighted by Crippen LogP contribution is -1.66. The van der Waals surface area contributed by atoms with Crippen LogP contribution in [0, 0.1) is 0 Å². The molecular formula is C5H4BrN2. The van der Waals surface area contributed by atoms with Crippen LogP contribution in [0.2, 0.25) is 0 Å². The fourth-order valence-electron chi connectivity index (χ4n) is 0.342. The molecule has 1 rings (SSSR count). The fourth-order valence-corrected chi connectivity index (χ4v) is 0.613. The van der Waals surface area contributed by atoms with Gasteiger partial charge in [0.05, 0.1) is 0 Å². The van der Waals surface area contributed by atoms with Crippen molar-refractivity contribution in [3.05, 3.63) is 29.0 Å². The third kappa shape index (κ3) is 2.04. The molecule has 0 aliphatic heterocycles. The topological polar surface area (TPSA) is 43.4 Å². The highest BCUT2D eigenvalue weighted by Gasteiger charge is 1.75. The monoisotopic (exact) mass is 171 g/mol. The maximum absolute atomic E-state index is 3.90. The summed E-state index contributed by atoms with van der Waals surface area (Å²) in [6, 6.07) is 5.70. The lowest BCUT2D eigenvalue weighted by atomic mass is 10.5. The number of pyridine rings is 1. The molecule has 1 heterocycles. The van der Waals surface area contributed by atoms with Crippen molar-refractivity contribution in [3.8, 4) is 0 Å². The second-order valence-corrected chi connectivity index (χ2v) is 1.96. The zero-order valence-corrected chi connectivity index (χ0v) is 5.67. The predicted molar refractivity (Wildman–Crippen MR) is 34.1 cm³/mol. The summed E-state index contributed by atoms with van der Waals surface area (Å²) in [6.07, 6.45) is 1.74. The van der Waals surface area contributed by atoms with E-state index in [1.54, 1.807) is 6.20 Å². The Morgan fingerprint density at radius 1 is 1.38 bits per heavy atom. The van der Waals surface area contributed by atoms with Gasteiger partial charge in [0.1, 0.15) is 4.60 Å². The Balaban J connectivity index is 0.000000490. The number of halogens is 1. The molecule has 0 fully saturated rings. The van der Waals surface area contributed by atoms with Crippen molar-refractivity contribution in [1.82, 2.24) is 11.1 Å². The molecule has 3 radical (unpaired) electrons. The molecule has 0 N–H and O–H groups in total. The van der Waals surface area contributed by atoms with Gasteiger partial charge >= 0.3 is 0 Å². The lowest BCUT2D eigenvalue weighted by molar-refractivity contribution is 1.28. The highest BCUT2D eigenvalue weighted by molar-refractivity contribution is 9.10. The quantitative estimate of drug-likeness (QED) is 0.544. The first-order valence-corrected chi connectivity index (χ1v) is 2.75. The summed E-state index contributed by atoms with van der Waals surface area (Å²) in [5, 5.41) is 0. The lowest BCUT2D eigenvalue weighted by Gasteiger charge is -1.80. The molecule has 41 valence electrons. The Morgan fingerprint density at radius 2 is 2.12 bits per heavy atom. The van der Waals surface area contributed by atoms with E-state index in [0.29, 0.717) is 0 Å². The summed E-state index contributed by atoms with van der Waals surface area (Å²) >= 11 is 3.20. The average molecular weight is 172 g/mol. The number of aromatic nitrogens is 1. The molecule has 0 aromatic carbocycles. The molecule has 2 nitrogen and oxygen atoms in total. The summed E-state index contributed by atoms with van der Waals surface area (Å²) in [7, 11) is 0. The highest BCUT2D eigenvalue weighted by atomic mass is 79.9. The van der Waals surface area contributed by atoms with Crippen molar-refractivity contribution in [1.29, 1.82) is 0 Å². The van der Waals surface area contributed by atoms with E-state index in [1.807, 2.05) is 18.2 Å². The van der Waals surface area contributed by atoms with Crippen molar-refractivity contribution in [3.63, 3.8) is 0 Å². The molecule has 3 heteroatoms. The Labute approximate surface area is 56.7 Å². The highest BCUT2D eigenvalue weighted by Crippen LogP contribution is 2.00. The van der Waals surface area contributed by atoms with Gasteiger partial charge in [-0.15, -0.1) is 0 Å². The molecule has 0 unspecified atom stereocenters. The van der Waals surface area contributed by atoms with Gasteiger partial charge in [0.2, 0.25) is 0 Å². The minimum Gasteiger partial charge on any atom is -0.249 e. The van der Waals surface area contributed by atoms with Gasteiger partial charge in [-0.05, 0) is 28.1 Å². The van der Waals surface area contributed by atoms with E-state index in [1.165, 1.54) is 0 Å². The van der Waals surface area contributed by atoms with Crippen molar-refractivity contribution in [2.45, 2.75) is 0 Å². The van der Waals surface area contributed by atoms with Crippen LogP contribution in [0.25, 0.3) is 0 Å². The molecular weight excluding hydrogens is 168 g/mol. The first kappa shape index (κ1) is 7.59. The fraction of sp³-hybridized carbons (Fsp3) is 0. The Hall–Kier alpha value is -0.410. The summed E-state index contributed by atoms with van der Waals surface area (Å²) < 4.78 is 0.884. The van der Waals surface area contributed by atoms with Crippen LogP contribution < -0.4 is 6.15 Å². The van der Waals surface area contributed by atoms with Crippen LogP contribution in [0.3, 0.4) is 0 Å². The molecule has 0 saturated carbocycles. The van der Waals surface area contributed by atoms with Crippen LogP contribution in [0.15, 0.2) is 29.0 Å². The first-order valence-electron chi connectivity index (χ1n) is 1.96. The number of hydrogen-bond donors (Lipinski definition) is 0. The predicted octanol–water partition coefficient (Wildman–Crippen LogP) is 1.36. The van der Waals surface area contributed by atoms with Crippen LogP contribution >= 0.6 is 15.9 Å². The number of hydrogen-bond acceptors (Lipinski definition) is 1. The van der Waals surface area contributed by atoms with Gasteiger partial charge in [0.25, 0.3) is 0 Å². The third-order valence-electron chi connectivity index (χ3n) is 0.629. The molecule has 1 aromatic rings. The second-order valence-electron chi connectivity index (χ2n) is 1.15. The normalized spacial score (nSPS) is 7.62. The van der Waals surface area contributed by atoms with Crippen LogP contribution in [0.4, 0.5) is 0 Å². The summed E-state index contributed by atoms with van der Waals surface area (Å²) in [5.41, 5.74) is 0. The zero-order chi connectivity index (χ0) is 5.11. The Kier molecular flexibility index (Phi) is 3.39. The SMILES string of the molecule is Brc1ccccn1.[N]. The average Bonchev–Trinajstić information content (AvgIpc) is 1.69. The molecule has 0 aliphatic carbocycles. The minimum atomic E-state index is 0. The summed E-state index contributed by atoms with van der Waals surface area (Å²) in [5.74, 6) is 0. The second kappa shape index (κ2) is 3.57. The molecule has 0 amide bonds. The zero-order valence-electron chi connectivity index (χ0n) is 4.08. The van der Waals surface area contributed by atoms with Crippen LogP contribution in [0.5, 0.6) is 0 Å². The maximum atomic E-state index is 3.90. The van der Waals surface area contributed by atoms with E-state index in [4.69, 9.17) is 0 Å². The van der Waals surface area contributed by atoms with Gasteiger partial charge < -0.3 is 0 Å². The maximum Gasteiger partial charge on any atom is 0.106 e. The van der Waals surface area contributed by atoms with Gasteiger partial charge in [0, 0.05) is 12.3 Å². The molecule has 8 heavy (non-hydrogen) atoms. The van der Waals surface area contributed by atoms with E-state index in [0.717, 1.165) is 4.60 Å². The minimum absolute atomic E-state index is 0. The van der Waals surface area contributed by atoms with Gasteiger partial charge in [-0.3, -0.25) is 0 Å². The van der Waals surface area contributed by atoms with Gasteiger partial charge in [-0.1, -0.05) is 6.07 Å². The molecule has 0 spiro atoms. The van der Waals surface area contributed by atoms with E-state index in [2.05, 4.69) is 20.9 Å². The Bertz CT molecular complexity index is 140. The summed E-state index contributed by atoms with van der Waals surface area (Å²) in [4.78, 5) is 3.90. The van der Waals surface area contributed by atoms with Crippen molar-refractivity contribution < 1.29 is 0 Å². The first-order chi connectivity index (χ1) is 3.39. The Morgan fingerprint density at radius 3 is 2.38 bits per heavy atom. The smallest absolute Gasteiger partial charge is 0.106 e. The molecule has 1 aromatic heterocycles. The molecule has 0 aliphatic rings. The van der Waals surface area contributed by atoms with Gasteiger partial charge in [-0.2, -0.15) is 0 Å². The van der Waals surface area contributed by atoms with E-state index >= 15 is 0 Å². The summed E-state index contributed by atoms with van der Waals surface area (Å²) in [6.45, 7) is 0. The molecule has 0 bridgehead atoms. The van der Waals surface area contributed by atoms with E-state index in [9.17, 15) is 0 Å². The molecule has 0 atom stereocenters. The van der Waals surface area contributed by atoms with Crippen LogP contribution in [-0.2, 0) is 0 Å².